The first-order valence-corrected chi connectivity index (χ1v) is 11.2. The van der Waals surface area contributed by atoms with Crippen LogP contribution in [-0.4, -0.2) is 21.1 Å². The van der Waals surface area contributed by atoms with Crippen LogP contribution in [0.3, 0.4) is 0 Å². The van der Waals surface area contributed by atoms with Crippen LogP contribution in [0.15, 0.2) is 64.5 Å². The molecule has 0 saturated heterocycles. The SMILES string of the molecule is CC(C)(C)c1nc(N/N=C/c2ccc([N+](=O)[O-])cc2)sc1Cc1cc2ccccc2[nH]c1=O. The van der Waals surface area contributed by atoms with Gasteiger partial charge in [-0.05, 0) is 35.2 Å². The highest BCUT2D eigenvalue weighted by atomic mass is 32.1. The molecular weight excluding hydrogens is 438 g/mol. The van der Waals surface area contributed by atoms with E-state index < -0.39 is 4.92 Å². The molecule has 0 saturated carbocycles. The van der Waals surface area contributed by atoms with Crippen LogP contribution in [0.25, 0.3) is 10.9 Å². The summed E-state index contributed by atoms with van der Waals surface area (Å²) in [4.78, 5) is 31.7. The number of nitro groups is 1. The molecule has 8 nitrogen and oxygen atoms in total. The Morgan fingerprint density at radius 1 is 1.18 bits per heavy atom. The molecule has 33 heavy (non-hydrogen) atoms. The van der Waals surface area contributed by atoms with E-state index in [-0.39, 0.29) is 16.7 Å². The van der Waals surface area contributed by atoms with Crippen molar-refractivity contribution in [2.75, 3.05) is 5.43 Å². The van der Waals surface area contributed by atoms with E-state index in [2.05, 4.69) is 36.3 Å². The van der Waals surface area contributed by atoms with E-state index in [0.29, 0.717) is 17.1 Å². The zero-order valence-corrected chi connectivity index (χ0v) is 19.3. The minimum atomic E-state index is -0.440. The van der Waals surface area contributed by atoms with Gasteiger partial charge < -0.3 is 4.98 Å². The number of hydrogen-bond donors (Lipinski definition) is 2. The van der Waals surface area contributed by atoms with Gasteiger partial charge in [-0.1, -0.05) is 50.3 Å². The number of benzene rings is 2. The smallest absolute Gasteiger partial charge is 0.269 e. The normalized spacial score (nSPS) is 11.8. The van der Waals surface area contributed by atoms with Gasteiger partial charge in [-0.2, -0.15) is 5.10 Å². The Balaban J connectivity index is 1.58. The summed E-state index contributed by atoms with van der Waals surface area (Å²) in [5.74, 6) is 0. The van der Waals surface area contributed by atoms with Gasteiger partial charge in [0.25, 0.3) is 11.2 Å². The number of fused-ring (bicyclic) bond motifs is 1. The van der Waals surface area contributed by atoms with Crippen molar-refractivity contribution in [3.05, 3.63) is 96.8 Å². The number of nitrogens with one attached hydrogen (secondary N) is 2. The monoisotopic (exact) mass is 461 g/mol. The van der Waals surface area contributed by atoms with E-state index in [9.17, 15) is 14.9 Å². The molecule has 0 bridgehead atoms. The molecule has 4 rings (SSSR count). The largest absolute Gasteiger partial charge is 0.322 e. The Labute approximate surface area is 194 Å². The number of hydrogen-bond acceptors (Lipinski definition) is 7. The van der Waals surface area contributed by atoms with E-state index >= 15 is 0 Å². The number of para-hydroxylation sites is 1. The molecule has 2 N–H and O–H groups in total. The first-order valence-electron chi connectivity index (χ1n) is 10.4. The van der Waals surface area contributed by atoms with E-state index in [1.165, 1.54) is 23.5 Å². The Morgan fingerprint density at radius 2 is 1.91 bits per heavy atom. The number of aromatic nitrogens is 2. The molecule has 0 fully saturated rings. The molecule has 0 radical (unpaired) electrons. The van der Waals surface area contributed by atoms with E-state index in [0.717, 1.165) is 27.0 Å². The fourth-order valence-corrected chi connectivity index (χ4v) is 4.59. The number of pyridine rings is 1. The average molecular weight is 462 g/mol. The van der Waals surface area contributed by atoms with E-state index in [4.69, 9.17) is 4.98 Å². The summed E-state index contributed by atoms with van der Waals surface area (Å²) in [6.07, 6.45) is 2.05. The van der Waals surface area contributed by atoms with Gasteiger partial charge in [-0.25, -0.2) is 4.98 Å². The Morgan fingerprint density at radius 3 is 2.61 bits per heavy atom. The van der Waals surface area contributed by atoms with Gasteiger partial charge in [0.15, 0.2) is 0 Å². The third kappa shape index (κ3) is 5.15. The molecule has 2 heterocycles. The third-order valence-corrected chi connectivity index (χ3v) is 6.03. The van der Waals surface area contributed by atoms with Crippen LogP contribution in [0.2, 0.25) is 0 Å². The molecule has 0 spiro atoms. The number of rotatable bonds is 6. The summed E-state index contributed by atoms with van der Waals surface area (Å²) in [5.41, 5.74) is 5.80. The maximum Gasteiger partial charge on any atom is 0.269 e. The lowest BCUT2D eigenvalue weighted by atomic mass is 9.90. The van der Waals surface area contributed by atoms with Crippen molar-refractivity contribution in [1.29, 1.82) is 0 Å². The first kappa shape index (κ1) is 22.3. The summed E-state index contributed by atoms with van der Waals surface area (Å²) in [7, 11) is 0. The van der Waals surface area contributed by atoms with Gasteiger partial charge in [0, 0.05) is 39.9 Å². The maximum atomic E-state index is 12.6. The second kappa shape index (κ2) is 8.95. The quantitative estimate of drug-likeness (QED) is 0.232. The molecule has 0 unspecified atom stereocenters. The van der Waals surface area contributed by atoms with Crippen LogP contribution in [0.1, 0.15) is 42.5 Å². The number of aromatic amines is 1. The van der Waals surface area contributed by atoms with Gasteiger partial charge in [-0.3, -0.25) is 20.3 Å². The van der Waals surface area contributed by atoms with Crippen LogP contribution in [-0.2, 0) is 11.8 Å². The van der Waals surface area contributed by atoms with E-state index in [1.54, 1.807) is 18.3 Å². The molecule has 168 valence electrons. The predicted molar refractivity (Wildman–Crippen MR) is 133 cm³/mol. The Kier molecular flexibility index (Phi) is 6.06. The van der Waals surface area contributed by atoms with Gasteiger partial charge in [-0.15, -0.1) is 0 Å². The second-order valence-electron chi connectivity index (χ2n) is 8.65. The molecule has 9 heteroatoms. The molecule has 2 aromatic heterocycles. The average Bonchev–Trinajstić information content (AvgIpc) is 3.18. The van der Waals surface area contributed by atoms with Crippen molar-refractivity contribution in [1.82, 2.24) is 9.97 Å². The van der Waals surface area contributed by atoms with Crippen molar-refractivity contribution in [3.8, 4) is 0 Å². The number of hydrazone groups is 1. The molecule has 0 atom stereocenters. The first-order chi connectivity index (χ1) is 15.7. The highest BCUT2D eigenvalue weighted by Gasteiger charge is 2.24. The summed E-state index contributed by atoms with van der Waals surface area (Å²) in [6.45, 7) is 6.25. The van der Waals surface area contributed by atoms with E-state index in [1.807, 2.05) is 30.3 Å². The molecule has 0 amide bonds. The topological polar surface area (TPSA) is 113 Å². The maximum absolute atomic E-state index is 12.6. The molecule has 4 aromatic rings. The third-order valence-electron chi connectivity index (χ3n) is 5.07. The number of nitrogens with zero attached hydrogens (tertiary/aromatic N) is 3. The molecule has 0 aliphatic rings. The fraction of sp³-hybridized carbons (Fsp3) is 0.208. The van der Waals surface area contributed by atoms with Crippen LogP contribution in [0, 0.1) is 10.1 Å². The van der Waals surface area contributed by atoms with Gasteiger partial charge in [0.2, 0.25) is 5.13 Å². The summed E-state index contributed by atoms with van der Waals surface area (Å²) < 4.78 is 0. The van der Waals surface area contributed by atoms with Crippen molar-refractivity contribution in [2.24, 2.45) is 5.10 Å². The Hall–Kier alpha value is -3.85. The van der Waals surface area contributed by atoms with Gasteiger partial charge >= 0.3 is 0 Å². The highest BCUT2D eigenvalue weighted by Crippen LogP contribution is 2.33. The lowest BCUT2D eigenvalue weighted by molar-refractivity contribution is -0.384. The van der Waals surface area contributed by atoms with Crippen molar-refractivity contribution >= 4 is 39.3 Å². The minimum absolute atomic E-state index is 0.0307. The van der Waals surface area contributed by atoms with Crippen molar-refractivity contribution in [3.63, 3.8) is 0 Å². The minimum Gasteiger partial charge on any atom is -0.322 e. The molecular formula is C24H23N5O3S. The Bertz CT molecular complexity index is 1400. The standard InChI is InChI=1S/C24H23N5O3S/c1-24(2,3)21-20(13-17-12-16-6-4-5-7-19(16)26-22(17)30)33-23(27-21)28-25-14-15-8-10-18(11-9-15)29(31)32/h4-12,14H,13H2,1-3H3,(H,26,30)(H,27,28)/b25-14+. The number of H-pyrrole nitrogens is 1. The van der Waals surface area contributed by atoms with Crippen molar-refractivity contribution < 1.29 is 4.92 Å². The molecule has 0 aliphatic heterocycles. The van der Waals surface area contributed by atoms with Gasteiger partial charge in [0.1, 0.15) is 0 Å². The molecule has 2 aromatic carbocycles. The van der Waals surface area contributed by atoms with Crippen LogP contribution in [0.5, 0.6) is 0 Å². The molecule has 0 aliphatic carbocycles. The predicted octanol–water partition coefficient (Wildman–Crippen LogP) is 5.23. The highest BCUT2D eigenvalue weighted by molar-refractivity contribution is 7.15. The van der Waals surface area contributed by atoms with Crippen molar-refractivity contribution in [2.45, 2.75) is 32.6 Å². The number of thiazole rings is 1. The number of anilines is 1. The summed E-state index contributed by atoms with van der Waals surface area (Å²) in [5, 5.41) is 16.6. The zero-order chi connectivity index (χ0) is 23.6. The second-order valence-corrected chi connectivity index (χ2v) is 9.73. The fourth-order valence-electron chi connectivity index (χ4n) is 3.45. The lowest BCUT2D eigenvalue weighted by Gasteiger charge is -2.17. The lowest BCUT2D eigenvalue weighted by Crippen LogP contribution is -2.17. The summed E-state index contributed by atoms with van der Waals surface area (Å²) in [6, 6.07) is 15.8. The zero-order valence-electron chi connectivity index (χ0n) is 18.5. The number of nitro benzene ring substituents is 1. The van der Waals surface area contributed by atoms with Crippen LogP contribution < -0.4 is 11.0 Å². The number of non-ortho nitro benzene ring substituents is 1. The van der Waals surface area contributed by atoms with Crippen LogP contribution >= 0.6 is 11.3 Å². The van der Waals surface area contributed by atoms with Crippen LogP contribution in [0.4, 0.5) is 10.8 Å². The van der Waals surface area contributed by atoms with Gasteiger partial charge in [0.05, 0.1) is 16.8 Å². The summed E-state index contributed by atoms with van der Waals surface area (Å²) >= 11 is 1.46.